The van der Waals surface area contributed by atoms with Gasteiger partial charge < -0.3 is 10.1 Å². The minimum atomic E-state index is 0. The molecule has 0 radical (unpaired) electrons. The molecule has 0 aliphatic carbocycles. The summed E-state index contributed by atoms with van der Waals surface area (Å²) in [6.07, 6.45) is 2.75. The summed E-state index contributed by atoms with van der Waals surface area (Å²) in [5.74, 6) is 1.93. The Hall–Kier alpha value is -2.37. The number of benzene rings is 2. The zero-order valence-corrected chi connectivity index (χ0v) is 14.0. The Morgan fingerprint density at radius 3 is 2.83 bits per heavy atom. The van der Waals surface area contributed by atoms with E-state index < -0.39 is 0 Å². The number of nitrogens with one attached hydrogen (secondary N) is 1. The molecule has 5 nitrogen and oxygen atoms in total. The van der Waals surface area contributed by atoms with Crippen LogP contribution in [0, 0.1) is 0 Å². The number of hydrogen-bond donors (Lipinski definition) is 1. The summed E-state index contributed by atoms with van der Waals surface area (Å²) in [6, 6.07) is 16.5. The summed E-state index contributed by atoms with van der Waals surface area (Å²) in [6.45, 7) is 2.27. The van der Waals surface area contributed by atoms with Gasteiger partial charge in [-0.15, -0.1) is 22.6 Å². The van der Waals surface area contributed by atoms with E-state index in [0.717, 1.165) is 36.8 Å². The maximum absolute atomic E-state index is 5.54. The van der Waals surface area contributed by atoms with Crippen LogP contribution in [0.15, 0.2) is 54.9 Å². The quantitative estimate of drug-likeness (QED) is 0.774. The molecule has 24 heavy (non-hydrogen) atoms. The van der Waals surface area contributed by atoms with Crippen molar-refractivity contribution in [1.82, 2.24) is 20.1 Å². The standard InChI is InChI=1S/C18H18N4O.ClH/c1-2-4-16(5-3-1)22-13-20-21-18(22)12-19-11-14-6-7-17-15(10-14)8-9-23-17;/h1-7,10,13,19H,8-9,11-12H2;1H. The summed E-state index contributed by atoms with van der Waals surface area (Å²) in [4.78, 5) is 0. The molecule has 0 bridgehead atoms. The molecule has 1 N–H and O–H groups in total. The number of fused-ring (bicyclic) bond motifs is 1. The third-order valence-electron chi connectivity index (χ3n) is 4.02. The molecule has 0 spiro atoms. The molecule has 1 aliphatic rings. The van der Waals surface area contributed by atoms with Crippen molar-refractivity contribution in [2.45, 2.75) is 19.5 Å². The highest BCUT2D eigenvalue weighted by Gasteiger charge is 2.12. The third kappa shape index (κ3) is 3.42. The lowest BCUT2D eigenvalue weighted by Gasteiger charge is -2.08. The first-order valence-electron chi connectivity index (χ1n) is 7.80. The molecule has 1 aromatic heterocycles. The molecule has 0 amide bonds. The van der Waals surface area contributed by atoms with E-state index in [-0.39, 0.29) is 12.4 Å². The molecule has 0 saturated heterocycles. The van der Waals surface area contributed by atoms with Crippen LogP contribution in [0.1, 0.15) is 17.0 Å². The van der Waals surface area contributed by atoms with Crippen LogP contribution < -0.4 is 10.1 Å². The first kappa shape index (κ1) is 16.5. The summed E-state index contributed by atoms with van der Waals surface area (Å²) in [7, 11) is 0. The lowest BCUT2D eigenvalue weighted by Crippen LogP contribution is -2.16. The number of ether oxygens (including phenoxy) is 1. The summed E-state index contributed by atoms with van der Waals surface area (Å²) >= 11 is 0. The normalized spacial score (nSPS) is 12.3. The van der Waals surface area contributed by atoms with Crippen molar-refractivity contribution in [3.63, 3.8) is 0 Å². The average molecular weight is 343 g/mol. The molecule has 0 saturated carbocycles. The Kier molecular flexibility index (Phi) is 5.13. The Balaban J connectivity index is 0.00000169. The number of nitrogens with zero attached hydrogens (tertiary/aromatic N) is 3. The third-order valence-corrected chi connectivity index (χ3v) is 4.02. The van der Waals surface area contributed by atoms with Crippen molar-refractivity contribution >= 4 is 12.4 Å². The van der Waals surface area contributed by atoms with Crippen molar-refractivity contribution in [1.29, 1.82) is 0 Å². The Bertz CT molecular complexity index is 804. The first-order valence-corrected chi connectivity index (χ1v) is 7.80. The van der Waals surface area contributed by atoms with Gasteiger partial charge in [-0.25, -0.2) is 0 Å². The highest BCUT2D eigenvalue weighted by molar-refractivity contribution is 5.85. The molecule has 6 heteroatoms. The van der Waals surface area contributed by atoms with Crippen LogP contribution in [0.5, 0.6) is 5.75 Å². The predicted octanol–water partition coefficient (Wildman–Crippen LogP) is 2.91. The van der Waals surface area contributed by atoms with Crippen LogP contribution in [0.25, 0.3) is 5.69 Å². The minimum absolute atomic E-state index is 0. The van der Waals surface area contributed by atoms with Crippen molar-refractivity contribution in [3.05, 3.63) is 71.8 Å². The molecular formula is C18H19ClN4O. The van der Waals surface area contributed by atoms with Gasteiger partial charge >= 0.3 is 0 Å². The van der Waals surface area contributed by atoms with E-state index in [4.69, 9.17) is 4.74 Å². The number of halogens is 1. The Morgan fingerprint density at radius 1 is 1.08 bits per heavy atom. The van der Waals surface area contributed by atoms with Gasteiger partial charge in [0.05, 0.1) is 13.2 Å². The van der Waals surface area contributed by atoms with Crippen LogP contribution in [-0.2, 0) is 19.5 Å². The lowest BCUT2D eigenvalue weighted by molar-refractivity contribution is 0.357. The van der Waals surface area contributed by atoms with Gasteiger partial charge in [0.25, 0.3) is 0 Å². The van der Waals surface area contributed by atoms with Crippen molar-refractivity contribution < 1.29 is 4.74 Å². The monoisotopic (exact) mass is 342 g/mol. The summed E-state index contributed by atoms with van der Waals surface area (Å²) in [5.41, 5.74) is 3.64. The Labute approximate surface area is 147 Å². The zero-order chi connectivity index (χ0) is 15.5. The maximum Gasteiger partial charge on any atom is 0.151 e. The first-order chi connectivity index (χ1) is 11.4. The van der Waals surface area contributed by atoms with E-state index in [9.17, 15) is 0 Å². The second kappa shape index (κ2) is 7.47. The minimum Gasteiger partial charge on any atom is -0.493 e. The molecule has 0 atom stereocenters. The highest BCUT2D eigenvalue weighted by Crippen LogP contribution is 2.25. The fourth-order valence-corrected chi connectivity index (χ4v) is 2.85. The second-order valence-electron chi connectivity index (χ2n) is 5.60. The molecular weight excluding hydrogens is 324 g/mol. The molecule has 0 unspecified atom stereocenters. The van der Waals surface area contributed by atoms with Gasteiger partial charge in [-0.05, 0) is 29.3 Å². The largest absolute Gasteiger partial charge is 0.493 e. The van der Waals surface area contributed by atoms with E-state index in [1.165, 1.54) is 11.1 Å². The topological polar surface area (TPSA) is 52.0 Å². The molecule has 1 aliphatic heterocycles. The zero-order valence-electron chi connectivity index (χ0n) is 13.2. The Morgan fingerprint density at radius 2 is 1.96 bits per heavy atom. The molecule has 3 aromatic rings. The van der Waals surface area contributed by atoms with Crippen LogP contribution in [-0.4, -0.2) is 21.4 Å². The van der Waals surface area contributed by atoms with Crippen LogP contribution in [0.2, 0.25) is 0 Å². The van der Waals surface area contributed by atoms with Crippen LogP contribution >= 0.6 is 12.4 Å². The lowest BCUT2D eigenvalue weighted by atomic mass is 10.1. The van der Waals surface area contributed by atoms with E-state index in [0.29, 0.717) is 6.54 Å². The predicted molar refractivity (Wildman–Crippen MR) is 94.8 cm³/mol. The summed E-state index contributed by atoms with van der Waals surface area (Å²) in [5, 5.41) is 11.7. The molecule has 4 rings (SSSR count). The van der Waals surface area contributed by atoms with E-state index in [2.05, 4.69) is 33.7 Å². The molecule has 0 fully saturated rings. The van der Waals surface area contributed by atoms with Crippen molar-refractivity contribution in [2.24, 2.45) is 0 Å². The average Bonchev–Trinajstić information content (AvgIpc) is 3.24. The van der Waals surface area contributed by atoms with Gasteiger partial charge in [-0.1, -0.05) is 30.3 Å². The van der Waals surface area contributed by atoms with E-state index >= 15 is 0 Å². The highest BCUT2D eigenvalue weighted by atomic mass is 35.5. The molecule has 2 aromatic carbocycles. The van der Waals surface area contributed by atoms with Gasteiger partial charge in [0.2, 0.25) is 0 Å². The fraction of sp³-hybridized carbons (Fsp3) is 0.222. The van der Waals surface area contributed by atoms with Gasteiger partial charge in [0, 0.05) is 18.7 Å². The smallest absolute Gasteiger partial charge is 0.151 e. The SMILES string of the molecule is Cl.c1ccc(-n2cnnc2CNCc2ccc3c(c2)CCO3)cc1. The van der Waals surface area contributed by atoms with Gasteiger partial charge in [0.15, 0.2) is 5.82 Å². The maximum atomic E-state index is 5.54. The van der Waals surface area contributed by atoms with Gasteiger partial charge in [-0.2, -0.15) is 0 Å². The van der Waals surface area contributed by atoms with Crippen LogP contribution in [0.4, 0.5) is 0 Å². The number of hydrogen-bond acceptors (Lipinski definition) is 4. The molecule has 124 valence electrons. The van der Waals surface area contributed by atoms with Gasteiger partial charge in [-0.3, -0.25) is 4.57 Å². The van der Waals surface area contributed by atoms with Crippen molar-refractivity contribution in [3.8, 4) is 11.4 Å². The van der Waals surface area contributed by atoms with Gasteiger partial charge in [0.1, 0.15) is 12.1 Å². The van der Waals surface area contributed by atoms with Crippen LogP contribution in [0.3, 0.4) is 0 Å². The summed E-state index contributed by atoms with van der Waals surface area (Å²) < 4.78 is 7.54. The molecule has 2 heterocycles. The second-order valence-corrected chi connectivity index (χ2v) is 5.60. The van der Waals surface area contributed by atoms with E-state index in [1.807, 2.05) is 34.9 Å². The number of rotatable bonds is 5. The number of aromatic nitrogens is 3. The van der Waals surface area contributed by atoms with Crippen molar-refractivity contribution in [2.75, 3.05) is 6.61 Å². The van der Waals surface area contributed by atoms with E-state index in [1.54, 1.807) is 6.33 Å². The fourth-order valence-electron chi connectivity index (χ4n) is 2.85. The number of para-hydroxylation sites is 1.